The van der Waals surface area contributed by atoms with Crippen molar-refractivity contribution < 1.29 is 14.6 Å². The molecule has 0 spiro atoms. The summed E-state index contributed by atoms with van der Waals surface area (Å²) in [5.41, 5.74) is 3.06. The van der Waals surface area contributed by atoms with Gasteiger partial charge in [0.1, 0.15) is 12.3 Å². The third-order valence-electron chi connectivity index (χ3n) is 6.19. The number of benzene rings is 2. The molecule has 1 aliphatic carbocycles. The summed E-state index contributed by atoms with van der Waals surface area (Å²) in [5.74, 6) is -0.237. The van der Waals surface area contributed by atoms with Crippen molar-refractivity contribution >= 4 is 17.6 Å². The summed E-state index contributed by atoms with van der Waals surface area (Å²) in [4.78, 5) is 23.6. The first-order chi connectivity index (χ1) is 16.0. The second kappa shape index (κ2) is 10.8. The van der Waals surface area contributed by atoms with Gasteiger partial charge in [-0.3, -0.25) is 4.79 Å². The average Bonchev–Trinajstić information content (AvgIpc) is 2.82. The Morgan fingerprint density at radius 1 is 1.00 bits per heavy atom. The van der Waals surface area contributed by atoms with Crippen molar-refractivity contribution in [1.82, 2.24) is 9.78 Å². The molecule has 33 heavy (non-hydrogen) atoms. The van der Waals surface area contributed by atoms with Crippen molar-refractivity contribution in [2.24, 2.45) is 11.8 Å². The molecule has 0 saturated heterocycles. The highest BCUT2D eigenvalue weighted by atomic mass is 35.5. The quantitative estimate of drug-likeness (QED) is 0.497. The summed E-state index contributed by atoms with van der Waals surface area (Å²) in [6.07, 6.45) is 3.82. The van der Waals surface area contributed by atoms with E-state index in [2.05, 4.69) is 0 Å². The standard InChI is InChI=1S/C26H27ClN2O4/c27-23-9-5-4-8-21(23)26-22(20-6-2-1-3-7-20)14-24(30)29(28-26)15-18-10-12-19(13-11-18)16-33-17-25(31)32/h1-9,14,18-19H,10-13,15-17H2,(H,31,32)/t18-,19-. The zero-order valence-electron chi connectivity index (χ0n) is 18.3. The lowest BCUT2D eigenvalue weighted by Gasteiger charge is -2.28. The van der Waals surface area contributed by atoms with Gasteiger partial charge in [0.05, 0.1) is 11.6 Å². The van der Waals surface area contributed by atoms with Gasteiger partial charge in [-0.25, -0.2) is 9.48 Å². The Hall–Kier alpha value is -2.96. The van der Waals surface area contributed by atoms with Crippen molar-refractivity contribution in [2.45, 2.75) is 32.2 Å². The summed E-state index contributed by atoms with van der Waals surface area (Å²) in [5, 5.41) is 14.1. The Morgan fingerprint density at radius 3 is 2.36 bits per heavy atom. The van der Waals surface area contributed by atoms with Crippen LogP contribution in [0, 0.1) is 11.8 Å². The third-order valence-corrected chi connectivity index (χ3v) is 6.52. The maximum absolute atomic E-state index is 13.0. The van der Waals surface area contributed by atoms with Crippen LogP contribution in [0.25, 0.3) is 22.4 Å². The summed E-state index contributed by atoms with van der Waals surface area (Å²) < 4.78 is 6.83. The normalized spacial score (nSPS) is 18.2. The number of nitrogens with zero attached hydrogens (tertiary/aromatic N) is 2. The summed E-state index contributed by atoms with van der Waals surface area (Å²) in [7, 11) is 0. The van der Waals surface area contributed by atoms with E-state index in [0.717, 1.165) is 42.4 Å². The maximum atomic E-state index is 13.0. The lowest BCUT2D eigenvalue weighted by molar-refractivity contribution is -0.142. The van der Waals surface area contributed by atoms with Crippen LogP contribution in [-0.4, -0.2) is 34.1 Å². The van der Waals surface area contributed by atoms with Crippen LogP contribution in [0.3, 0.4) is 0 Å². The predicted molar refractivity (Wildman–Crippen MR) is 128 cm³/mol. The maximum Gasteiger partial charge on any atom is 0.329 e. The van der Waals surface area contributed by atoms with Crippen molar-refractivity contribution in [3.63, 3.8) is 0 Å². The largest absolute Gasteiger partial charge is 0.480 e. The minimum absolute atomic E-state index is 0.128. The number of carbonyl (C=O) groups is 1. The van der Waals surface area contributed by atoms with Gasteiger partial charge in [-0.05, 0) is 49.1 Å². The number of hydrogen-bond donors (Lipinski definition) is 1. The molecule has 4 rings (SSSR count). The van der Waals surface area contributed by atoms with Gasteiger partial charge in [0, 0.05) is 23.7 Å². The monoisotopic (exact) mass is 466 g/mol. The molecule has 172 valence electrons. The smallest absolute Gasteiger partial charge is 0.329 e. The second-order valence-corrected chi connectivity index (χ2v) is 8.98. The van der Waals surface area contributed by atoms with Crippen molar-refractivity contribution in [1.29, 1.82) is 0 Å². The van der Waals surface area contributed by atoms with Crippen LogP contribution in [0.15, 0.2) is 65.5 Å². The number of aliphatic carboxylic acids is 1. The van der Waals surface area contributed by atoms with Crippen molar-refractivity contribution in [3.8, 4) is 22.4 Å². The average molecular weight is 467 g/mol. The molecule has 0 unspecified atom stereocenters. The van der Waals surface area contributed by atoms with Crippen LogP contribution in [0.1, 0.15) is 25.7 Å². The van der Waals surface area contributed by atoms with E-state index < -0.39 is 5.97 Å². The van der Waals surface area contributed by atoms with Crippen LogP contribution >= 0.6 is 11.6 Å². The second-order valence-electron chi connectivity index (χ2n) is 8.57. The lowest BCUT2D eigenvalue weighted by Crippen LogP contribution is -2.29. The summed E-state index contributed by atoms with van der Waals surface area (Å²) >= 11 is 6.50. The van der Waals surface area contributed by atoms with Crippen molar-refractivity contribution in [3.05, 3.63) is 76.0 Å². The van der Waals surface area contributed by atoms with Crippen LogP contribution in [0.5, 0.6) is 0 Å². The highest BCUT2D eigenvalue weighted by Gasteiger charge is 2.23. The SMILES string of the molecule is O=C(O)COC[C@H]1CC[C@H](Cn2nc(-c3ccccc3Cl)c(-c3ccccc3)cc2=O)CC1. The summed E-state index contributed by atoms with van der Waals surface area (Å²) in [6, 6.07) is 19.0. The van der Waals surface area contributed by atoms with Gasteiger partial charge in [-0.1, -0.05) is 60.1 Å². The first-order valence-corrected chi connectivity index (χ1v) is 11.6. The highest BCUT2D eigenvalue weighted by molar-refractivity contribution is 6.33. The zero-order valence-corrected chi connectivity index (χ0v) is 19.1. The van der Waals surface area contributed by atoms with E-state index in [4.69, 9.17) is 26.5 Å². The molecule has 0 atom stereocenters. The Morgan fingerprint density at radius 2 is 1.67 bits per heavy atom. The number of carboxylic acid groups (broad SMARTS) is 1. The van der Waals surface area contributed by atoms with Gasteiger partial charge in [0.2, 0.25) is 0 Å². The van der Waals surface area contributed by atoms with E-state index in [1.807, 2.05) is 54.6 Å². The molecule has 2 aromatic carbocycles. The molecule has 6 nitrogen and oxygen atoms in total. The molecule has 1 N–H and O–H groups in total. The van der Waals surface area contributed by atoms with E-state index in [0.29, 0.717) is 35.7 Å². The fourth-order valence-corrected chi connectivity index (χ4v) is 4.67. The molecule has 0 bridgehead atoms. The Kier molecular flexibility index (Phi) is 7.57. The number of ether oxygens (including phenoxy) is 1. The molecule has 0 radical (unpaired) electrons. The van der Waals surface area contributed by atoms with Crippen LogP contribution < -0.4 is 5.56 Å². The van der Waals surface area contributed by atoms with E-state index in [1.54, 1.807) is 10.7 Å². The van der Waals surface area contributed by atoms with Gasteiger partial charge in [-0.2, -0.15) is 5.10 Å². The fraction of sp³-hybridized carbons (Fsp3) is 0.346. The molecule has 1 heterocycles. The minimum atomic E-state index is -0.942. The molecule has 0 aliphatic heterocycles. The third kappa shape index (κ3) is 5.89. The van der Waals surface area contributed by atoms with Gasteiger partial charge in [0.25, 0.3) is 5.56 Å². The van der Waals surface area contributed by atoms with Gasteiger partial charge >= 0.3 is 5.97 Å². The molecule has 1 fully saturated rings. The van der Waals surface area contributed by atoms with E-state index in [-0.39, 0.29) is 12.2 Å². The van der Waals surface area contributed by atoms with E-state index in [1.165, 1.54) is 0 Å². The topological polar surface area (TPSA) is 81.4 Å². The Balaban J connectivity index is 1.55. The number of rotatable bonds is 8. The first-order valence-electron chi connectivity index (χ1n) is 11.2. The molecule has 1 saturated carbocycles. The zero-order chi connectivity index (χ0) is 23.2. The Labute approximate surface area is 197 Å². The number of halogens is 1. The lowest BCUT2D eigenvalue weighted by atomic mass is 9.82. The number of aromatic nitrogens is 2. The molecule has 1 aliphatic rings. The number of carboxylic acids is 1. The van der Waals surface area contributed by atoms with Crippen molar-refractivity contribution in [2.75, 3.05) is 13.2 Å². The van der Waals surface area contributed by atoms with Crippen LogP contribution in [0.4, 0.5) is 0 Å². The summed E-state index contributed by atoms with van der Waals surface area (Å²) in [6.45, 7) is 0.769. The van der Waals surface area contributed by atoms with E-state index in [9.17, 15) is 9.59 Å². The predicted octanol–water partition coefficient (Wildman–Crippen LogP) is 5.14. The molecule has 7 heteroatoms. The fourth-order valence-electron chi connectivity index (χ4n) is 4.45. The molecule has 1 aromatic heterocycles. The highest BCUT2D eigenvalue weighted by Crippen LogP contribution is 2.34. The molecular formula is C26H27ClN2O4. The molecule has 0 amide bonds. The minimum Gasteiger partial charge on any atom is -0.480 e. The number of hydrogen-bond acceptors (Lipinski definition) is 4. The van der Waals surface area contributed by atoms with Crippen LogP contribution in [0.2, 0.25) is 5.02 Å². The van der Waals surface area contributed by atoms with Crippen LogP contribution in [-0.2, 0) is 16.1 Å². The van der Waals surface area contributed by atoms with E-state index >= 15 is 0 Å². The molecular weight excluding hydrogens is 440 g/mol. The van der Waals surface area contributed by atoms with Gasteiger partial charge in [0.15, 0.2) is 0 Å². The van der Waals surface area contributed by atoms with Gasteiger partial charge < -0.3 is 9.84 Å². The Bertz CT molecular complexity index is 1150. The molecule has 3 aromatic rings. The first kappa shape index (κ1) is 23.2. The van der Waals surface area contributed by atoms with Gasteiger partial charge in [-0.15, -0.1) is 0 Å².